The van der Waals surface area contributed by atoms with Crippen LogP contribution in [0.5, 0.6) is 17.2 Å². The minimum absolute atomic E-state index is 0.0948. The highest BCUT2D eigenvalue weighted by Gasteiger charge is 2.33. The lowest BCUT2D eigenvalue weighted by molar-refractivity contribution is 0.0174. The quantitative estimate of drug-likeness (QED) is 0.742. The Morgan fingerprint density at radius 2 is 1.81 bits per heavy atom. The lowest BCUT2D eigenvalue weighted by Crippen LogP contribution is -2.56. The first kappa shape index (κ1) is 18.8. The van der Waals surface area contributed by atoms with Crippen molar-refractivity contribution in [3.8, 4) is 17.2 Å². The van der Waals surface area contributed by atoms with Crippen LogP contribution < -0.4 is 19.8 Å². The molecule has 1 saturated heterocycles. The molecule has 0 unspecified atom stereocenters. The minimum Gasteiger partial charge on any atom is -0.490 e. The monoisotopic (exact) mass is 373 g/mol. The van der Waals surface area contributed by atoms with Crippen LogP contribution in [0.1, 0.15) is 30.0 Å². The highest BCUT2D eigenvalue weighted by molar-refractivity contribution is 5.95. The van der Waals surface area contributed by atoms with E-state index in [1.54, 1.807) is 36.1 Å². The van der Waals surface area contributed by atoms with Gasteiger partial charge in [0.05, 0.1) is 32.4 Å². The number of hydrogen-bond donors (Lipinski definition) is 0. The standard InChI is InChI=1S/C20H23NO6/c1-4-24-17-7-6-14(9-18(17)25-5-2)20(23)21-11-16(12-21)27-15-8-13(3)26-19(22)10-15/h6-10,16H,4-5,11-12H2,1-3H3. The van der Waals surface area contributed by atoms with Gasteiger partial charge in [0.1, 0.15) is 17.6 Å². The number of benzene rings is 1. The molecule has 1 aromatic carbocycles. The van der Waals surface area contributed by atoms with E-state index in [-0.39, 0.29) is 12.0 Å². The molecular weight excluding hydrogens is 350 g/mol. The molecule has 7 heteroatoms. The topological polar surface area (TPSA) is 78.2 Å². The second-order valence-electron chi connectivity index (χ2n) is 6.20. The van der Waals surface area contributed by atoms with Crippen LogP contribution >= 0.6 is 0 Å². The molecule has 0 radical (unpaired) electrons. The van der Waals surface area contributed by atoms with E-state index in [9.17, 15) is 9.59 Å². The number of amides is 1. The summed E-state index contributed by atoms with van der Waals surface area (Å²) in [6, 6.07) is 8.15. The lowest BCUT2D eigenvalue weighted by atomic mass is 10.1. The van der Waals surface area contributed by atoms with Crippen LogP contribution in [0.15, 0.2) is 39.5 Å². The summed E-state index contributed by atoms with van der Waals surface area (Å²) in [5.41, 5.74) is 0.0895. The maximum Gasteiger partial charge on any atom is 0.339 e. The fourth-order valence-corrected chi connectivity index (χ4v) is 2.88. The normalized spacial score (nSPS) is 13.8. The van der Waals surface area contributed by atoms with Crippen LogP contribution in [-0.4, -0.2) is 43.2 Å². The summed E-state index contributed by atoms with van der Waals surface area (Å²) in [5.74, 6) is 2.04. The predicted octanol–water partition coefficient (Wildman–Crippen LogP) is 2.65. The van der Waals surface area contributed by atoms with Crippen LogP contribution in [-0.2, 0) is 0 Å². The molecule has 1 aliphatic heterocycles. The van der Waals surface area contributed by atoms with Gasteiger partial charge < -0.3 is 23.5 Å². The van der Waals surface area contributed by atoms with Crippen molar-refractivity contribution < 1.29 is 23.4 Å². The molecule has 7 nitrogen and oxygen atoms in total. The van der Waals surface area contributed by atoms with E-state index in [1.165, 1.54) is 6.07 Å². The van der Waals surface area contributed by atoms with Gasteiger partial charge in [-0.1, -0.05) is 0 Å². The number of nitrogens with zero attached hydrogens (tertiary/aromatic N) is 1. The zero-order chi connectivity index (χ0) is 19.4. The van der Waals surface area contributed by atoms with Crippen molar-refractivity contribution in [3.05, 3.63) is 52.1 Å². The summed E-state index contributed by atoms with van der Waals surface area (Å²) in [7, 11) is 0. The molecule has 1 fully saturated rings. The SMILES string of the molecule is CCOc1ccc(C(=O)N2CC(Oc3cc(C)oc(=O)c3)C2)cc1OCC. The van der Waals surface area contributed by atoms with Gasteiger partial charge in [-0.3, -0.25) is 4.79 Å². The Bertz CT molecular complexity index is 869. The number of aryl methyl sites for hydroxylation is 1. The van der Waals surface area contributed by atoms with Gasteiger partial charge in [0.15, 0.2) is 11.5 Å². The number of rotatable bonds is 7. The molecule has 2 heterocycles. The molecule has 1 amide bonds. The zero-order valence-electron chi connectivity index (χ0n) is 15.7. The number of ether oxygens (including phenoxy) is 3. The molecule has 144 valence electrons. The van der Waals surface area contributed by atoms with E-state index in [0.717, 1.165) is 0 Å². The van der Waals surface area contributed by atoms with Crippen molar-refractivity contribution in [1.29, 1.82) is 0 Å². The third-order valence-corrected chi connectivity index (χ3v) is 4.10. The van der Waals surface area contributed by atoms with Crippen LogP contribution in [0, 0.1) is 6.92 Å². The molecule has 27 heavy (non-hydrogen) atoms. The molecule has 1 aliphatic rings. The first-order valence-corrected chi connectivity index (χ1v) is 8.97. The Morgan fingerprint density at radius 3 is 2.48 bits per heavy atom. The first-order chi connectivity index (χ1) is 13.0. The Kier molecular flexibility index (Phi) is 5.69. The van der Waals surface area contributed by atoms with E-state index in [0.29, 0.717) is 54.9 Å². The second kappa shape index (κ2) is 8.16. The van der Waals surface area contributed by atoms with Gasteiger partial charge in [0.2, 0.25) is 0 Å². The summed E-state index contributed by atoms with van der Waals surface area (Å²) in [6.45, 7) is 7.38. The largest absolute Gasteiger partial charge is 0.490 e. The predicted molar refractivity (Wildman–Crippen MR) is 98.8 cm³/mol. The van der Waals surface area contributed by atoms with E-state index < -0.39 is 5.63 Å². The third kappa shape index (κ3) is 4.42. The number of likely N-dealkylation sites (tertiary alicyclic amines) is 1. The van der Waals surface area contributed by atoms with Crippen molar-refractivity contribution >= 4 is 5.91 Å². The first-order valence-electron chi connectivity index (χ1n) is 8.97. The van der Waals surface area contributed by atoms with Crippen molar-refractivity contribution in [1.82, 2.24) is 4.90 Å². The average Bonchev–Trinajstić information content (AvgIpc) is 2.58. The fraction of sp³-hybridized carbons (Fsp3) is 0.400. The van der Waals surface area contributed by atoms with Crippen molar-refractivity contribution in [2.75, 3.05) is 26.3 Å². The van der Waals surface area contributed by atoms with Crippen molar-refractivity contribution in [2.45, 2.75) is 26.9 Å². The van der Waals surface area contributed by atoms with Crippen LogP contribution in [0.25, 0.3) is 0 Å². The van der Waals surface area contributed by atoms with Gasteiger partial charge in [-0.05, 0) is 39.0 Å². The van der Waals surface area contributed by atoms with Gasteiger partial charge >= 0.3 is 5.63 Å². The summed E-state index contributed by atoms with van der Waals surface area (Å²) in [4.78, 5) is 25.7. The number of carbonyl (C=O) groups is 1. The van der Waals surface area contributed by atoms with E-state index in [1.807, 2.05) is 13.8 Å². The summed E-state index contributed by atoms with van der Waals surface area (Å²) in [6.07, 6.45) is -0.149. The molecule has 0 saturated carbocycles. The Balaban J connectivity index is 1.62. The molecule has 0 atom stereocenters. The van der Waals surface area contributed by atoms with Gasteiger partial charge in [0, 0.05) is 11.6 Å². The lowest BCUT2D eigenvalue weighted by Gasteiger charge is -2.39. The maximum atomic E-state index is 12.7. The third-order valence-electron chi connectivity index (χ3n) is 4.10. The van der Waals surface area contributed by atoms with Crippen LogP contribution in [0.3, 0.4) is 0 Å². The summed E-state index contributed by atoms with van der Waals surface area (Å²) < 4.78 is 21.7. The highest BCUT2D eigenvalue weighted by atomic mass is 16.5. The van der Waals surface area contributed by atoms with Crippen LogP contribution in [0.2, 0.25) is 0 Å². The van der Waals surface area contributed by atoms with Gasteiger partial charge in [-0.2, -0.15) is 0 Å². The van der Waals surface area contributed by atoms with E-state index in [4.69, 9.17) is 18.6 Å². The maximum absolute atomic E-state index is 12.7. The van der Waals surface area contributed by atoms with Crippen molar-refractivity contribution in [2.24, 2.45) is 0 Å². The fourth-order valence-electron chi connectivity index (χ4n) is 2.88. The smallest absolute Gasteiger partial charge is 0.339 e. The highest BCUT2D eigenvalue weighted by Crippen LogP contribution is 2.30. The van der Waals surface area contributed by atoms with Crippen LogP contribution in [0.4, 0.5) is 0 Å². The van der Waals surface area contributed by atoms with Gasteiger partial charge in [0.25, 0.3) is 5.91 Å². The molecule has 0 N–H and O–H groups in total. The van der Waals surface area contributed by atoms with Gasteiger partial charge in [-0.25, -0.2) is 4.79 Å². The second-order valence-corrected chi connectivity index (χ2v) is 6.20. The molecule has 0 bridgehead atoms. The molecule has 2 aromatic rings. The van der Waals surface area contributed by atoms with Gasteiger partial charge in [-0.15, -0.1) is 0 Å². The average molecular weight is 373 g/mol. The number of hydrogen-bond acceptors (Lipinski definition) is 6. The summed E-state index contributed by atoms with van der Waals surface area (Å²) in [5, 5.41) is 0. The number of carbonyl (C=O) groups excluding carboxylic acids is 1. The molecule has 0 aliphatic carbocycles. The summed E-state index contributed by atoms with van der Waals surface area (Å²) >= 11 is 0. The zero-order valence-corrected chi connectivity index (χ0v) is 15.7. The van der Waals surface area contributed by atoms with E-state index >= 15 is 0 Å². The van der Waals surface area contributed by atoms with Crippen molar-refractivity contribution in [3.63, 3.8) is 0 Å². The Morgan fingerprint density at radius 1 is 1.11 bits per heavy atom. The Labute approximate surface area is 157 Å². The molecule has 1 aromatic heterocycles. The molecule has 3 rings (SSSR count). The molecule has 0 spiro atoms. The van der Waals surface area contributed by atoms with E-state index in [2.05, 4.69) is 0 Å². The molecular formula is C20H23NO6. The Hall–Kier alpha value is -2.96. The minimum atomic E-state index is -0.449.